The van der Waals surface area contributed by atoms with Crippen molar-refractivity contribution in [3.05, 3.63) is 84.5 Å². The van der Waals surface area contributed by atoms with Crippen LogP contribution in [-0.4, -0.2) is 31.1 Å². The Morgan fingerprint density at radius 1 is 0.880 bits per heavy atom. The topological polar surface area (TPSA) is 65.5 Å². The van der Waals surface area contributed by atoms with Crippen LogP contribution in [0.15, 0.2) is 54.8 Å². The molecular weight excluding hydrogens is 362 g/mol. The van der Waals surface area contributed by atoms with Gasteiger partial charge in [-0.15, -0.1) is 0 Å². The Morgan fingerprint density at radius 3 is 2.00 bits per heavy atom. The first kappa shape index (κ1) is 20.6. The van der Waals surface area contributed by atoms with Gasteiger partial charge in [0.15, 0.2) is 0 Å². The fourth-order valence-electron chi connectivity index (χ4n) is 2.03. The summed E-state index contributed by atoms with van der Waals surface area (Å²) in [7, 11) is 2.50. The van der Waals surface area contributed by atoms with E-state index in [1.807, 2.05) is 55.4 Å². The van der Waals surface area contributed by atoms with E-state index in [1.54, 1.807) is 0 Å². The van der Waals surface area contributed by atoms with Gasteiger partial charge in [-0.25, -0.2) is 9.59 Å². The van der Waals surface area contributed by atoms with Crippen LogP contribution in [0.2, 0.25) is 0 Å². The number of ether oxygens (including phenoxy) is 2. The molecule has 130 valence electrons. The van der Waals surface area contributed by atoms with Crippen molar-refractivity contribution in [3.8, 4) is 0 Å². The summed E-state index contributed by atoms with van der Waals surface area (Å²) in [6, 6.07) is 1.52. The summed E-state index contributed by atoms with van der Waals surface area (Å²) in [5, 5.41) is 0. The van der Waals surface area contributed by atoms with Crippen LogP contribution in [0.1, 0.15) is 26.4 Å². The molecule has 2 aliphatic carbocycles. The number of methoxy groups -OCH3 is 2. The van der Waals surface area contributed by atoms with Gasteiger partial charge in [0, 0.05) is 36.1 Å². The molecule has 0 fully saturated rings. The Balaban J connectivity index is 0.000000448. The van der Waals surface area contributed by atoms with E-state index in [9.17, 15) is 9.59 Å². The second kappa shape index (κ2) is 10.4. The van der Waals surface area contributed by atoms with Crippen molar-refractivity contribution in [1.82, 2.24) is 4.98 Å². The molecule has 0 unspecified atom stereocenters. The summed E-state index contributed by atoms with van der Waals surface area (Å²) in [5.74, 6) is -1.22. The number of esters is 2. The van der Waals surface area contributed by atoms with Crippen molar-refractivity contribution >= 4 is 17.5 Å². The predicted octanol–water partition coefficient (Wildman–Crippen LogP) is 3.13. The molecule has 0 aromatic carbocycles. The van der Waals surface area contributed by atoms with Gasteiger partial charge in [0.05, 0.1) is 31.0 Å². The molecule has 5 nitrogen and oxygen atoms in total. The molecule has 2 radical (unpaired) electrons. The third-order valence-corrected chi connectivity index (χ3v) is 3.23. The van der Waals surface area contributed by atoms with Crippen LogP contribution in [0.3, 0.4) is 0 Å². The summed E-state index contributed by atoms with van der Waals surface area (Å²) in [4.78, 5) is 27.5. The van der Waals surface area contributed by atoms with E-state index in [0.717, 1.165) is 5.57 Å². The second-order valence-electron chi connectivity index (χ2n) is 4.73. The number of hydrogen-bond acceptors (Lipinski definition) is 5. The van der Waals surface area contributed by atoms with Crippen molar-refractivity contribution in [2.75, 3.05) is 14.2 Å². The van der Waals surface area contributed by atoms with E-state index in [0.29, 0.717) is 5.69 Å². The molecule has 0 spiro atoms. The molecule has 1 aromatic heterocycles. The van der Waals surface area contributed by atoms with Crippen molar-refractivity contribution < 1.29 is 36.1 Å². The molecule has 3 rings (SSSR count). The fourth-order valence-corrected chi connectivity index (χ4v) is 2.03. The molecule has 6 heteroatoms. The van der Waals surface area contributed by atoms with E-state index >= 15 is 0 Å². The minimum absolute atomic E-state index is 0. The zero-order chi connectivity index (χ0) is 17.4. The van der Waals surface area contributed by atoms with E-state index in [1.165, 1.54) is 26.5 Å². The zero-order valence-corrected chi connectivity index (χ0v) is 14.9. The second-order valence-corrected chi connectivity index (χ2v) is 4.73. The van der Waals surface area contributed by atoms with Crippen LogP contribution in [0.4, 0.5) is 0 Å². The van der Waals surface area contributed by atoms with Gasteiger partial charge in [0.25, 0.3) is 0 Å². The van der Waals surface area contributed by atoms with E-state index in [4.69, 9.17) is 0 Å². The maximum Gasteiger partial charge on any atom is 0.340 e. The normalized spacial score (nSPS) is 13.4. The first-order chi connectivity index (χ1) is 11.7. The van der Waals surface area contributed by atoms with E-state index in [-0.39, 0.29) is 28.2 Å². The Hall–Kier alpha value is -2.43. The zero-order valence-electron chi connectivity index (χ0n) is 13.8. The third kappa shape index (κ3) is 5.55. The van der Waals surface area contributed by atoms with Gasteiger partial charge < -0.3 is 9.47 Å². The van der Waals surface area contributed by atoms with Crippen LogP contribution in [-0.2, 0) is 26.5 Å². The van der Waals surface area contributed by atoms with Gasteiger partial charge in [-0.05, 0) is 11.6 Å². The maximum atomic E-state index is 11.7. The molecule has 0 saturated heterocycles. The molecule has 0 atom stereocenters. The summed E-state index contributed by atoms with van der Waals surface area (Å²) in [6.07, 6.45) is 18.8. The van der Waals surface area contributed by atoms with E-state index < -0.39 is 11.9 Å². The Bertz CT molecular complexity index is 738. The summed E-state index contributed by atoms with van der Waals surface area (Å²) in [6.45, 7) is 0. The number of rotatable bonds is 3. The molecule has 1 heterocycles. The number of allylic oxidation sites excluding steroid dienone is 8. The Kier molecular flexibility index (Phi) is 8.61. The van der Waals surface area contributed by atoms with Gasteiger partial charge in [-0.2, -0.15) is 0 Å². The monoisotopic (exact) mass is 379 g/mol. The van der Waals surface area contributed by atoms with Crippen molar-refractivity contribution in [3.63, 3.8) is 0 Å². The summed E-state index contributed by atoms with van der Waals surface area (Å²) < 4.78 is 9.28. The molecule has 0 bridgehead atoms. The van der Waals surface area contributed by atoms with Gasteiger partial charge >= 0.3 is 11.9 Å². The van der Waals surface area contributed by atoms with Crippen LogP contribution >= 0.6 is 0 Å². The number of hydrogen-bond donors (Lipinski definition) is 0. The molecule has 0 saturated carbocycles. The maximum absolute atomic E-state index is 11.7. The minimum atomic E-state index is -0.623. The van der Waals surface area contributed by atoms with Crippen LogP contribution < -0.4 is 0 Å². The standard InChI is InChI=1S/C14H12NO4.C5H5.Fe/c1-18-13(16)10-7-12(9-5-3-4-6-9)15-8-11(10)14(17)19-2;1-2-4-5-3-1;/h3-8H,1-2H3;1-5H;. The molecule has 1 aromatic rings. The smallest absolute Gasteiger partial charge is 0.340 e. The number of carbonyl (C=O) groups is 2. The molecule has 0 aliphatic heterocycles. The number of nitrogens with zero attached hydrogens (tertiary/aromatic N) is 1. The van der Waals surface area contributed by atoms with Gasteiger partial charge in [0.2, 0.25) is 0 Å². The van der Waals surface area contributed by atoms with Crippen LogP contribution in [0.5, 0.6) is 0 Å². The predicted molar refractivity (Wildman–Crippen MR) is 90.9 cm³/mol. The minimum Gasteiger partial charge on any atom is -0.465 e. The largest absolute Gasteiger partial charge is 0.465 e. The van der Waals surface area contributed by atoms with Crippen LogP contribution in [0.25, 0.3) is 5.57 Å². The van der Waals surface area contributed by atoms with Crippen molar-refractivity contribution in [1.29, 1.82) is 0 Å². The molecular formula is C19H17FeNO4. The van der Waals surface area contributed by atoms with Crippen molar-refractivity contribution in [2.24, 2.45) is 0 Å². The average molecular weight is 379 g/mol. The van der Waals surface area contributed by atoms with Gasteiger partial charge in [-0.1, -0.05) is 42.5 Å². The first-order valence-electron chi connectivity index (χ1n) is 7.22. The first-order valence-corrected chi connectivity index (χ1v) is 7.22. The van der Waals surface area contributed by atoms with Gasteiger partial charge in [0.1, 0.15) is 0 Å². The van der Waals surface area contributed by atoms with Gasteiger partial charge in [-0.3, -0.25) is 4.98 Å². The average Bonchev–Trinajstić information content (AvgIpc) is 3.35. The summed E-state index contributed by atoms with van der Waals surface area (Å²) in [5.41, 5.74) is 1.69. The quantitative estimate of drug-likeness (QED) is 0.597. The molecule has 25 heavy (non-hydrogen) atoms. The molecule has 0 N–H and O–H groups in total. The van der Waals surface area contributed by atoms with E-state index in [2.05, 4.69) is 14.5 Å². The molecule has 2 aliphatic rings. The Morgan fingerprint density at radius 2 is 1.52 bits per heavy atom. The number of aromatic nitrogens is 1. The van der Waals surface area contributed by atoms with Crippen LogP contribution in [0, 0.1) is 12.8 Å². The SMILES string of the molecule is COC(=O)c1cnc(C2=C[CH]C=C2)cc1C(=O)OC.[CH]1C=CC=C1.[Fe]. The Labute approximate surface area is 157 Å². The number of carbonyl (C=O) groups excluding carboxylic acids is 2. The third-order valence-electron chi connectivity index (χ3n) is 3.23. The van der Waals surface area contributed by atoms with Crippen molar-refractivity contribution in [2.45, 2.75) is 0 Å². The summed E-state index contributed by atoms with van der Waals surface area (Å²) >= 11 is 0. The number of pyridine rings is 1. The molecule has 0 amide bonds. The fraction of sp³-hybridized carbons (Fsp3) is 0.105.